The molecule has 25 heavy (non-hydrogen) atoms. The summed E-state index contributed by atoms with van der Waals surface area (Å²) in [5.74, 6) is -0.770. The second kappa shape index (κ2) is 7.59. The molecule has 130 valence electrons. The van der Waals surface area contributed by atoms with Crippen LogP contribution in [0.3, 0.4) is 0 Å². The Kier molecular flexibility index (Phi) is 5.26. The molecule has 0 saturated carbocycles. The van der Waals surface area contributed by atoms with Crippen LogP contribution >= 0.6 is 0 Å². The van der Waals surface area contributed by atoms with Gasteiger partial charge in [-0.15, -0.1) is 0 Å². The lowest BCUT2D eigenvalue weighted by Gasteiger charge is -2.16. The molecule has 0 fully saturated rings. The van der Waals surface area contributed by atoms with E-state index in [-0.39, 0.29) is 16.9 Å². The maximum Gasteiger partial charge on any atom is 0.218 e. The molecule has 0 amide bonds. The van der Waals surface area contributed by atoms with Gasteiger partial charge in [0, 0.05) is 18.6 Å². The number of ether oxygens (including phenoxy) is 2. The third-order valence-corrected chi connectivity index (χ3v) is 3.82. The lowest BCUT2D eigenvalue weighted by atomic mass is 9.99. The standard InChI is InChI=1S/C20H19FO4/c1-3-23-20(24-4-2)19-17(14-10-6-8-12-16(14)25-19)18(22)13-9-5-7-11-15(13)21/h5-12,20H,3-4H2,1-2H3. The van der Waals surface area contributed by atoms with Crippen LogP contribution in [-0.4, -0.2) is 19.0 Å². The van der Waals surface area contributed by atoms with Gasteiger partial charge >= 0.3 is 0 Å². The Balaban J connectivity index is 2.19. The Morgan fingerprint density at radius 3 is 2.36 bits per heavy atom. The monoisotopic (exact) mass is 342 g/mol. The van der Waals surface area contributed by atoms with Crippen LogP contribution in [0.1, 0.15) is 41.8 Å². The molecule has 0 aliphatic carbocycles. The lowest BCUT2D eigenvalue weighted by Crippen LogP contribution is -2.13. The smallest absolute Gasteiger partial charge is 0.218 e. The zero-order valence-corrected chi connectivity index (χ0v) is 14.1. The molecule has 0 saturated heterocycles. The maximum atomic E-state index is 14.1. The fraction of sp³-hybridized carbons (Fsp3) is 0.250. The SMILES string of the molecule is CCOC(OCC)c1oc2ccccc2c1C(=O)c1ccccc1F. The normalized spacial score (nSPS) is 11.4. The topological polar surface area (TPSA) is 48.7 Å². The first-order valence-electron chi connectivity index (χ1n) is 8.21. The number of benzene rings is 2. The molecule has 0 unspecified atom stereocenters. The summed E-state index contributed by atoms with van der Waals surface area (Å²) in [6.07, 6.45) is -0.826. The van der Waals surface area contributed by atoms with Gasteiger partial charge in [0.25, 0.3) is 0 Å². The van der Waals surface area contributed by atoms with Gasteiger partial charge in [-0.2, -0.15) is 0 Å². The van der Waals surface area contributed by atoms with Crippen molar-refractivity contribution < 1.29 is 23.1 Å². The van der Waals surface area contributed by atoms with Crippen molar-refractivity contribution in [1.29, 1.82) is 0 Å². The summed E-state index contributed by atoms with van der Waals surface area (Å²) >= 11 is 0. The number of carbonyl (C=O) groups is 1. The van der Waals surface area contributed by atoms with E-state index in [2.05, 4.69) is 0 Å². The van der Waals surface area contributed by atoms with Crippen molar-refractivity contribution in [3.8, 4) is 0 Å². The fourth-order valence-corrected chi connectivity index (χ4v) is 2.75. The predicted molar refractivity (Wildman–Crippen MR) is 92.0 cm³/mol. The Hall–Kier alpha value is -2.50. The van der Waals surface area contributed by atoms with E-state index < -0.39 is 17.9 Å². The molecule has 0 N–H and O–H groups in total. The Morgan fingerprint density at radius 2 is 1.68 bits per heavy atom. The number of halogens is 1. The van der Waals surface area contributed by atoms with Gasteiger partial charge in [0.05, 0.1) is 11.1 Å². The molecule has 5 heteroatoms. The molecule has 3 rings (SSSR count). The predicted octanol–water partition coefficient (Wildman–Crippen LogP) is 4.87. The van der Waals surface area contributed by atoms with Crippen molar-refractivity contribution in [3.05, 3.63) is 71.2 Å². The molecule has 0 bridgehead atoms. The summed E-state index contributed by atoms with van der Waals surface area (Å²) in [4.78, 5) is 13.1. The van der Waals surface area contributed by atoms with Crippen LogP contribution in [-0.2, 0) is 9.47 Å². The molecule has 4 nitrogen and oxygen atoms in total. The number of carbonyl (C=O) groups excluding carboxylic acids is 1. The number of hydrogen-bond acceptors (Lipinski definition) is 4. The summed E-state index contributed by atoms with van der Waals surface area (Å²) in [7, 11) is 0. The minimum atomic E-state index is -0.826. The molecule has 3 aromatic rings. The largest absolute Gasteiger partial charge is 0.455 e. The molecular formula is C20H19FO4. The van der Waals surface area contributed by atoms with Gasteiger partial charge in [-0.25, -0.2) is 4.39 Å². The van der Waals surface area contributed by atoms with Gasteiger partial charge in [0.15, 0.2) is 11.5 Å². The minimum Gasteiger partial charge on any atom is -0.455 e. The third-order valence-electron chi connectivity index (χ3n) is 3.82. The van der Waals surface area contributed by atoms with Crippen molar-refractivity contribution in [2.24, 2.45) is 0 Å². The summed E-state index contributed by atoms with van der Waals surface area (Å²) in [6, 6.07) is 13.0. The van der Waals surface area contributed by atoms with Crippen LogP contribution in [0.2, 0.25) is 0 Å². The van der Waals surface area contributed by atoms with Gasteiger partial charge in [0.2, 0.25) is 6.29 Å². The Morgan fingerprint density at radius 1 is 1.04 bits per heavy atom. The highest BCUT2D eigenvalue weighted by molar-refractivity contribution is 6.17. The van der Waals surface area contributed by atoms with Crippen molar-refractivity contribution >= 4 is 16.8 Å². The summed E-state index contributed by atoms with van der Waals surface area (Å²) in [5, 5.41) is 0.607. The van der Waals surface area contributed by atoms with Crippen LogP contribution in [0.25, 0.3) is 11.0 Å². The summed E-state index contributed by atoms with van der Waals surface area (Å²) in [5.41, 5.74) is 0.788. The second-order valence-corrected chi connectivity index (χ2v) is 5.39. The Labute approximate surface area is 145 Å². The highest BCUT2D eigenvalue weighted by atomic mass is 19.1. The first kappa shape index (κ1) is 17.3. The number of furan rings is 1. The van der Waals surface area contributed by atoms with E-state index in [1.807, 2.05) is 19.9 Å². The highest BCUT2D eigenvalue weighted by Crippen LogP contribution is 2.34. The molecule has 0 spiro atoms. The van der Waals surface area contributed by atoms with E-state index in [0.717, 1.165) is 0 Å². The number of hydrogen-bond donors (Lipinski definition) is 0. The highest BCUT2D eigenvalue weighted by Gasteiger charge is 2.29. The second-order valence-electron chi connectivity index (χ2n) is 5.39. The third kappa shape index (κ3) is 3.34. The fourth-order valence-electron chi connectivity index (χ4n) is 2.75. The molecular weight excluding hydrogens is 323 g/mol. The number of rotatable bonds is 7. The number of ketones is 1. The Bertz CT molecular complexity index is 878. The maximum absolute atomic E-state index is 14.1. The molecule has 0 aliphatic heterocycles. The van der Waals surface area contributed by atoms with Crippen LogP contribution in [0.15, 0.2) is 52.9 Å². The van der Waals surface area contributed by atoms with Gasteiger partial charge in [-0.1, -0.05) is 30.3 Å². The minimum absolute atomic E-state index is 0.0120. The van der Waals surface area contributed by atoms with E-state index >= 15 is 0 Å². The average Bonchev–Trinajstić information content (AvgIpc) is 3.01. The van der Waals surface area contributed by atoms with E-state index in [9.17, 15) is 9.18 Å². The van der Waals surface area contributed by atoms with Crippen molar-refractivity contribution in [2.75, 3.05) is 13.2 Å². The first-order valence-corrected chi connectivity index (χ1v) is 8.21. The van der Waals surface area contributed by atoms with Gasteiger partial charge in [-0.05, 0) is 32.0 Å². The van der Waals surface area contributed by atoms with Crippen LogP contribution in [0.4, 0.5) is 4.39 Å². The van der Waals surface area contributed by atoms with Crippen LogP contribution in [0, 0.1) is 5.82 Å². The zero-order valence-electron chi connectivity index (χ0n) is 14.1. The van der Waals surface area contributed by atoms with Crippen LogP contribution < -0.4 is 0 Å². The van der Waals surface area contributed by atoms with Gasteiger partial charge in [0.1, 0.15) is 11.4 Å². The molecule has 0 radical (unpaired) electrons. The molecule has 0 aliphatic rings. The number of para-hydroxylation sites is 1. The van der Waals surface area contributed by atoms with E-state index in [4.69, 9.17) is 13.9 Å². The molecule has 1 heterocycles. The van der Waals surface area contributed by atoms with E-state index in [0.29, 0.717) is 24.2 Å². The molecule has 1 aromatic heterocycles. The quantitative estimate of drug-likeness (QED) is 0.454. The summed E-state index contributed by atoms with van der Waals surface area (Å²) < 4.78 is 31.2. The van der Waals surface area contributed by atoms with E-state index in [1.54, 1.807) is 30.3 Å². The first-order chi connectivity index (χ1) is 12.2. The van der Waals surface area contributed by atoms with Gasteiger partial charge in [-0.3, -0.25) is 4.79 Å². The zero-order chi connectivity index (χ0) is 17.8. The van der Waals surface area contributed by atoms with Gasteiger partial charge < -0.3 is 13.9 Å². The average molecular weight is 342 g/mol. The molecule has 2 aromatic carbocycles. The van der Waals surface area contributed by atoms with Crippen molar-refractivity contribution in [2.45, 2.75) is 20.1 Å². The van der Waals surface area contributed by atoms with Crippen molar-refractivity contribution in [3.63, 3.8) is 0 Å². The van der Waals surface area contributed by atoms with Crippen LogP contribution in [0.5, 0.6) is 0 Å². The van der Waals surface area contributed by atoms with Crippen molar-refractivity contribution in [1.82, 2.24) is 0 Å². The lowest BCUT2D eigenvalue weighted by molar-refractivity contribution is -0.150. The molecule has 0 atom stereocenters. The summed E-state index contributed by atoms with van der Waals surface area (Å²) in [6.45, 7) is 4.42. The number of fused-ring (bicyclic) bond motifs is 1. The van der Waals surface area contributed by atoms with E-state index in [1.165, 1.54) is 12.1 Å².